The number of nitrogens with zero attached hydrogens (tertiary/aromatic N) is 3. The van der Waals surface area contributed by atoms with Crippen molar-refractivity contribution in [2.45, 2.75) is 13.3 Å². The Morgan fingerprint density at radius 1 is 1.32 bits per heavy atom. The van der Waals surface area contributed by atoms with Crippen LogP contribution in [0.15, 0.2) is 23.6 Å². The summed E-state index contributed by atoms with van der Waals surface area (Å²) in [6.07, 6.45) is -0.0911. The lowest BCUT2D eigenvalue weighted by atomic mass is 10.1. The largest absolute Gasteiger partial charge is 0.302 e. The summed E-state index contributed by atoms with van der Waals surface area (Å²) >= 11 is 1.28. The van der Waals surface area contributed by atoms with E-state index in [0.717, 1.165) is 16.7 Å². The summed E-state index contributed by atoms with van der Waals surface area (Å²) in [4.78, 5) is 51.7. The van der Waals surface area contributed by atoms with Gasteiger partial charge in [0.1, 0.15) is 0 Å². The zero-order chi connectivity index (χ0) is 18.1. The Morgan fingerprint density at radius 2 is 2.04 bits per heavy atom. The number of amides is 3. The standard InChI is InChI=1S/C15H12N4O5S/c1-8-7-25-15(16-8)17-12(20)4-5-18-13(21)10-3-2-9(19(23)24)6-11(10)14(18)22/h2-3,6-7H,4-5H2,1H3,(H,16,17,20). The van der Waals surface area contributed by atoms with E-state index in [1.165, 1.54) is 23.5 Å². The second kappa shape index (κ2) is 6.40. The van der Waals surface area contributed by atoms with Crippen LogP contribution in [0.4, 0.5) is 10.8 Å². The molecule has 0 unspecified atom stereocenters. The van der Waals surface area contributed by atoms with E-state index in [1.54, 1.807) is 12.3 Å². The molecule has 1 aromatic carbocycles. The van der Waals surface area contributed by atoms with Gasteiger partial charge in [0.05, 0.1) is 21.7 Å². The maximum absolute atomic E-state index is 12.3. The number of hydrogen-bond acceptors (Lipinski definition) is 7. The molecular formula is C15H12N4O5S. The minimum atomic E-state index is -0.637. The van der Waals surface area contributed by atoms with Crippen molar-refractivity contribution in [3.8, 4) is 0 Å². The molecule has 1 aromatic heterocycles. The number of nitro groups is 1. The van der Waals surface area contributed by atoms with E-state index in [1.807, 2.05) is 0 Å². The second-order valence-electron chi connectivity index (χ2n) is 5.34. The molecule has 0 bridgehead atoms. The summed E-state index contributed by atoms with van der Waals surface area (Å²) in [5, 5.41) is 15.6. The van der Waals surface area contributed by atoms with Gasteiger partial charge >= 0.3 is 0 Å². The van der Waals surface area contributed by atoms with Gasteiger partial charge in [-0.1, -0.05) is 0 Å². The summed E-state index contributed by atoms with van der Waals surface area (Å²) in [5.41, 5.74) is 0.600. The van der Waals surface area contributed by atoms with Crippen LogP contribution in [-0.2, 0) is 4.79 Å². The van der Waals surface area contributed by atoms with Gasteiger partial charge in [0, 0.05) is 30.5 Å². The molecule has 128 valence electrons. The molecule has 0 aliphatic carbocycles. The number of aromatic nitrogens is 1. The van der Waals surface area contributed by atoms with Crippen LogP contribution in [0.3, 0.4) is 0 Å². The van der Waals surface area contributed by atoms with Gasteiger partial charge in [-0.05, 0) is 13.0 Å². The minimum absolute atomic E-state index is 0.0184. The summed E-state index contributed by atoms with van der Waals surface area (Å²) < 4.78 is 0. The van der Waals surface area contributed by atoms with E-state index in [0.29, 0.717) is 5.13 Å². The number of carbonyl (C=O) groups is 3. The molecule has 3 amide bonds. The van der Waals surface area contributed by atoms with E-state index in [-0.39, 0.29) is 35.7 Å². The number of hydrogen-bond donors (Lipinski definition) is 1. The molecule has 10 heteroatoms. The fourth-order valence-corrected chi connectivity index (χ4v) is 3.11. The van der Waals surface area contributed by atoms with Crippen molar-refractivity contribution < 1.29 is 19.3 Å². The molecule has 1 aliphatic rings. The maximum Gasteiger partial charge on any atom is 0.270 e. The van der Waals surface area contributed by atoms with Crippen LogP contribution >= 0.6 is 11.3 Å². The number of nitro benzene ring substituents is 1. The molecule has 1 aliphatic heterocycles. The lowest BCUT2D eigenvalue weighted by molar-refractivity contribution is -0.384. The van der Waals surface area contributed by atoms with Crippen LogP contribution in [0, 0.1) is 17.0 Å². The molecule has 0 radical (unpaired) electrons. The van der Waals surface area contributed by atoms with Gasteiger partial charge in [-0.15, -0.1) is 11.3 Å². The second-order valence-corrected chi connectivity index (χ2v) is 6.20. The normalized spacial score (nSPS) is 13.1. The van der Waals surface area contributed by atoms with E-state index < -0.39 is 16.7 Å². The molecule has 0 saturated heterocycles. The molecule has 9 nitrogen and oxygen atoms in total. The average molecular weight is 360 g/mol. The van der Waals surface area contributed by atoms with Gasteiger partial charge in [0.25, 0.3) is 17.5 Å². The first-order valence-corrected chi connectivity index (χ1v) is 8.11. The Bertz CT molecular complexity index is 907. The summed E-state index contributed by atoms with van der Waals surface area (Å²) in [6, 6.07) is 3.51. The number of benzene rings is 1. The monoisotopic (exact) mass is 360 g/mol. The number of nitrogens with one attached hydrogen (secondary N) is 1. The highest BCUT2D eigenvalue weighted by Crippen LogP contribution is 2.27. The molecule has 0 atom stereocenters. The zero-order valence-corrected chi connectivity index (χ0v) is 13.8. The topological polar surface area (TPSA) is 123 Å². The van der Waals surface area contributed by atoms with Crippen molar-refractivity contribution in [1.82, 2.24) is 9.88 Å². The Balaban J connectivity index is 1.67. The fraction of sp³-hybridized carbons (Fsp3) is 0.200. The SMILES string of the molecule is Cc1csc(NC(=O)CCN2C(=O)c3ccc([N+](=O)[O-])cc3C2=O)n1. The van der Waals surface area contributed by atoms with Gasteiger partial charge < -0.3 is 5.32 Å². The van der Waals surface area contributed by atoms with Crippen LogP contribution in [0.25, 0.3) is 0 Å². The Hall–Kier alpha value is -3.14. The highest BCUT2D eigenvalue weighted by Gasteiger charge is 2.36. The van der Waals surface area contributed by atoms with Crippen molar-refractivity contribution in [2.75, 3.05) is 11.9 Å². The first kappa shape index (κ1) is 16.7. The third-order valence-corrected chi connectivity index (χ3v) is 4.47. The van der Waals surface area contributed by atoms with E-state index in [9.17, 15) is 24.5 Å². The number of thiazole rings is 1. The van der Waals surface area contributed by atoms with Crippen molar-refractivity contribution in [1.29, 1.82) is 0 Å². The predicted octanol–water partition coefficient (Wildman–Crippen LogP) is 1.98. The first-order valence-electron chi connectivity index (χ1n) is 7.23. The smallest absolute Gasteiger partial charge is 0.270 e. The van der Waals surface area contributed by atoms with Crippen LogP contribution in [0.5, 0.6) is 0 Å². The number of rotatable bonds is 5. The molecule has 25 heavy (non-hydrogen) atoms. The van der Waals surface area contributed by atoms with Crippen molar-refractivity contribution >= 4 is 39.9 Å². The van der Waals surface area contributed by atoms with Gasteiger partial charge in [0.15, 0.2) is 5.13 Å². The summed E-state index contributed by atoms with van der Waals surface area (Å²) in [7, 11) is 0. The Kier molecular flexibility index (Phi) is 4.28. The highest BCUT2D eigenvalue weighted by molar-refractivity contribution is 7.13. The van der Waals surface area contributed by atoms with E-state index >= 15 is 0 Å². The predicted molar refractivity (Wildman–Crippen MR) is 88.6 cm³/mol. The molecule has 0 saturated carbocycles. The number of aryl methyl sites for hydroxylation is 1. The third kappa shape index (κ3) is 3.24. The van der Waals surface area contributed by atoms with Gasteiger partial charge in [-0.25, -0.2) is 4.98 Å². The zero-order valence-electron chi connectivity index (χ0n) is 13.0. The highest BCUT2D eigenvalue weighted by atomic mass is 32.1. The van der Waals surface area contributed by atoms with Gasteiger partial charge in [-0.3, -0.25) is 29.4 Å². The van der Waals surface area contributed by atoms with Gasteiger partial charge in [-0.2, -0.15) is 0 Å². The molecule has 3 rings (SSSR count). The molecule has 0 fully saturated rings. The summed E-state index contributed by atoms with van der Waals surface area (Å²) in [5.74, 6) is -1.58. The fourth-order valence-electron chi connectivity index (χ4n) is 2.40. The minimum Gasteiger partial charge on any atom is -0.302 e. The molecule has 2 heterocycles. The number of imide groups is 1. The lowest BCUT2D eigenvalue weighted by Gasteiger charge is -2.12. The van der Waals surface area contributed by atoms with Crippen molar-refractivity contribution in [2.24, 2.45) is 0 Å². The van der Waals surface area contributed by atoms with Crippen molar-refractivity contribution in [3.63, 3.8) is 0 Å². The number of fused-ring (bicyclic) bond motifs is 1. The first-order chi connectivity index (χ1) is 11.9. The molecular weight excluding hydrogens is 348 g/mol. The maximum atomic E-state index is 12.3. The number of non-ortho nitro benzene ring substituents is 1. The number of anilines is 1. The summed E-state index contributed by atoms with van der Waals surface area (Å²) in [6.45, 7) is 1.68. The number of carbonyl (C=O) groups excluding carboxylic acids is 3. The van der Waals surface area contributed by atoms with Crippen LogP contribution in [0.1, 0.15) is 32.8 Å². The van der Waals surface area contributed by atoms with Crippen LogP contribution < -0.4 is 5.32 Å². The van der Waals surface area contributed by atoms with Crippen LogP contribution in [-0.4, -0.2) is 39.1 Å². The quantitative estimate of drug-likeness (QED) is 0.494. The lowest BCUT2D eigenvalue weighted by Crippen LogP contribution is -2.32. The Morgan fingerprint density at radius 3 is 2.68 bits per heavy atom. The third-order valence-electron chi connectivity index (χ3n) is 3.59. The molecule has 1 N–H and O–H groups in total. The Labute approximate surface area is 145 Å². The average Bonchev–Trinajstić information content (AvgIpc) is 3.07. The molecule has 2 aromatic rings. The van der Waals surface area contributed by atoms with Gasteiger partial charge in [0.2, 0.25) is 5.91 Å². The van der Waals surface area contributed by atoms with E-state index in [4.69, 9.17) is 0 Å². The van der Waals surface area contributed by atoms with E-state index in [2.05, 4.69) is 10.3 Å². The van der Waals surface area contributed by atoms with Crippen LogP contribution in [0.2, 0.25) is 0 Å². The molecule has 0 spiro atoms. The van der Waals surface area contributed by atoms with Crippen molar-refractivity contribution in [3.05, 3.63) is 50.5 Å².